The van der Waals surface area contributed by atoms with Gasteiger partial charge in [0, 0.05) is 12.8 Å². The Hall–Kier alpha value is -4.16. The predicted molar refractivity (Wildman–Crippen MR) is 133 cm³/mol. The van der Waals surface area contributed by atoms with Gasteiger partial charge in [0.05, 0.1) is 13.2 Å². The van der Waals surface area contributed by atoms with Gasteiger partial charge < -0.3 is 19.5 Å². The molecule has 0 unspecified atom stereocenters. The number of alkyl halides is 3. The van der Waals surface area contributed by atoms with Crippen molar-refractivity contribution in [3.8, 4) is 5.75 Å². The van der Waals surface area contributed by atoms with Gasteiger partial charge in [-0.2, -0.15) is 13.2 Å². The second-order valence-corrected chi connectivity index (χ2v) is 9.96. The number of ketones is 1. The molecule has 40 heavy (non-hydrogen) atoms. The van der Waals surface area contributed by atoms with Crippen LogP contribution in [-0.4, -0.2) is 55.2 Å². The number of hydrogen-bond donors (Lipinski definition) is 1. The highest BCUT2D eigenvalue weighted by Crippen LogP contribution is 2.40. The van der Waals surface area contributed by atoms with Crippen molar-refractivity contribution in [2.75, 3.05) is 18.6 Å². The van der Waals surface area contributed by atoms with Gasteiger partial charge in [0.25, 0.3) is 0 Å². The van der Waals surface area contributed by atoms with E-state index < -0.39 is 71.8 Å². The Labute approximate surface area is 227 Å². The number of hydrogen-bond acceptors (Lipinski definition) is 7. The van der Waals surface area contributed by atoms with E-state index in [-0.39, 0.29) is 29.1 Å². The van der Waals surface area contributed by atoms with Crippen LogP contribution in [0.15, 0.2) is 36.4 Å². The Kier molecular flexibility index (Phi) is 9.06. The summed E-state index contributed by atoms with van der Waals surface area (Å²) in [5.41, 5.74) is -1.41. The van der Waals surface area contributed by atoms with Gasteiger partial charge in [-0.1, -0.05) is 30.3 Å². The van der Waals surface area contributed by atoms with E-state index in [0.717, 1.165) is 13.2 Å². The van der Waals surface area contributed by atoms with Crippen LogP contribution in [0.4, 0.5) is 28.0 Å². The van der Waals surface area contributed by atoms with Gasteiger partial charge in [-0.3, -0.25) is 19.3 Å². The first kappa shape index (κ1) is 30.4. The van der Waals surface area contributed by atoms with E-state index >= 15 is 4.39 Å². The third-order valence-corrected chi connectivity index (χ3v) is 5.76. The van der Waals surface area contributed by atoms with Crippen LogP contribution in [0.5, 0.6) is 5.75 Å². The van der Waals surface area contributed by atoms with E-state index in [0.29, 0.717) is 5.56 Å². The van der Waals surface area contributed by atoms with Gasteiger partial charge >= 0.3 is 24.1 Å². The topological polar surface area (TPSA) is 111 Å². The van der Waals surface area contributed by atoms with Crippen molar-refractivity contribution < 1.29 is 51.0 Å². The molecule has 2 aromatic carbocycles. The predicted octanol–water partition coefficient (Wildman–Crippen LogP) is 4.03. The number of anilines is 1. The Morgan fingerprint density at radius 2 is 1.75 bits per heavy atom. The summed E-state index contributed by atoms with van der Waals surface area (Å²) in [6.45, 7) is 3.29. The summed E-state index contributed by atoms with van der Waals surface area (Å²) in [4.78, 5) is 49.3. The van der Waals surface area contributed by atoms with Gasteiger partial charge in [0.2, 0.25) is 0 Å². The molecule has 0 radical (unpaired) electrons. The molecular formula is C27H28F4N2O7. The highest BCUT2D eigenvalue weighted by Gasteiger charge is 2.46. The molecule has 1 aliphatic rings. The average Bonchev–Trinajstić information content (AvgIpc) is 2.85. The number of benzene rings is 2. The normalized spacial score (nSPS) is 15.1. The molecule has 0 spiro atoms. The quantitative estimate of drug-likeness (QED) is 0.397. The second-order valence-electron chi connectivity index (χ2n) is 9.96. The van der Waals surface area contributed by atoms with Crippen molar-refractivity contribution in [1.29, 1.82) is 0 Å². The maximum atomic E-state index is 16.2. The van der Waals surface area contributed by atoms with Crippen molar-refractivity contribution in [3.63, 3.8) is 0 Å². The van der Waals surface area contributed by atoms with Gasteiger partial charge in [0.15, 0.2) is 11.6 Å². The monoisotopic (exact) mass is 568 g/mol. The Morgan fingerprint density at radius 3 is 2.33 bits per heavy atom. The summed E-state index contributed by atoms with van der Waals surface area (Å²) in [7, 11) is 0.896. The molecule has 0 aliphatic heterocycles. The number of carbonyl (C=O) groups excluding carboxylic acids is 4. The zero-order valence-electron chi connectivity index (χ0n) is 22.2. The summed E-state index contributed by atoms with van der Waals surface area (Å²) in [6, 6.07) is 8.29. The zero-order valence-corrected chi connectivity index (χ0v) is 22.2. The minimum absolute atomic E-state index is 0.0917. The van der Waals surface area contributed by atoms with Crippen LogP contribution in [0.25, 0.3) is 0 Å². The summed E-state index contributed by atoms with van der Waals surface area (Å²) in [5, 5.41) is 2.35. The van der Waals surface area contributed by atoms with Crippen LogP contribution in [0.1, 0.15) is 37.5 Å². The first-order chi connectivity index (χ1) is 18.6. The minimum Gasteiger partial charge on any atom is -0.487 e. The minimum atomic E-state index is -5.48. The molecule has 1 aliphatic carbocycles. The molecule has 0 heterocycles. The maximum Gasteiger partial charge on any atom is 0.471 e. The lowest BCUT2D eigenvalue weighted by atomic mass is 9.86. The van der Waals surface area contributed by atoms with Crippen molar-refractivity contribution in [2.24, 2.45) is 0 Å². The Bertz CT molecular complexity index is 1290. The number of amides is 2. The fourth-order valence-electron chi connectivity index (χ4n) is 3.99. The number of esters is 1. The highest BCUT2D eigenvalue weighted by molar-refractivity contribution is 6.02. The number of nitrogens with zero attached hydrogens (tertiary/aromatic N) is 1. The van der Waals surface area contributed by atoms with Crippen molar-refractivity contribution >= 4 is 29.4 Å². The molecule has 1 N–H and O–H groups in total. The molecule has 0 bridgehead atoms. The molecule has 0 saturated heterocycles. The van der Waals surface area contributed by atoms with E-state index in [1.807, 2.05) is 0 Å². The number of rotatable bonds is 7. The number of carbonyl (C=O) groups is 4. The van der Waals surface area contributed by atoms with E-state index in [1.54, 1.807) is 51.1 Å². The number of alkyl carbamates (subject to hydrolysis) is 1. The number of nitrogens with one attached hydrogen (secondary N) is 1. The molecule has 1 atom stereocenters. The van der Waals surface area contributed by atoms with Crippen molar-refractivity contribution in [3.05, 3.63) is 58.9 Å². The molecule has 2 amide bonds. The number of methoxy groups -OCH3 is 1. The zero-order chi connectivity index (χ0) is 29.8. The number of fused-ring (bicyclic) bond motifs is 1. The fraction of sp³-hybridized carbons (Fsp3) is 0.407. The molecular weight excluding hydrogens is 540 g/mol. The molecule has 0 aromatic heterocycles. The lowest BCUT2D eigenvalue weighted by Crippen LogP contribution is -2.48. The smallest absolute Gasteiger partial charge is 0.471 e. The molecule has 2 aromatic rings. The first-order valence-electron chi connectivity index (χ1n) is 12.1. The lowest BCUT2D eigenvalue weighted by molar-refractivity contribution is -0.171. The number of Topliss-reactive ketones (excluding diaryl/α,β-unsaturated/α-hetero) is 1. The lowest BCUT2D eigenvalue weighted by Gasteiger charge is -2.30. The van der Waals surface area contributed by atoms with Crippen LogP contribution in [-0.2, 0) is 43.3 Å². The van der Waals surface area contributed by atoms with E-state index in [4.69, 9.17) is 9.47 Å². The van der Waals surface area contributed by atoms with Gasteiger partial charge in [-0.05, 0) is 43.5 Å². The van der Waals surface area contributed by atoms with Crippen LogP contribution in [0.3, 0.4) is 0 Å². The second kappa shape index (κ2) is 11.9. The van der Waals surface area contributed by atoms with E-state index in [2.05, 4.69) is 10.1 Å². The third kappa shape index (κ3) is 7.48. The molecule has 0 saturated carbocycles. The Morgan fingerprint density at radius 1 is 1.10 bits per heavy atom. The summed E-state index contributed by atoms with van der Waals surface area (Å²) in [6.07, 6.45) is -7.27. The van der Waals surface area contributed by atoms with Crippen LogP contribution in [0, 0.1) is 5.82 Å². The standard InChI is InChI=1S/C27H28F4N2O7/c1-26(2,3)40-25(37)32-18-12-17-16(10-19(18)34)11-20(39-14-15-8-6-5-7-9-15)23(22(17)28)33(13-21(35)38-4)24(36)27(29,30)31/h5-9,11,18H,10,12-14H2,1-4H3,(H,32,37)/t18-/m0/s1. The molecule has 0 fully saturated rings. The van der Waals surface area contributed by atoms with Crippen LogP contribution in [0.2, 0.25) is 0 Å². The number of halogens is 4. The molecule has 3 rings (SSSR count). The SMILES string of the molecule is COC(=O)CN(C(=O)C(F)(F)F)c1c(OCc2ccccc2)cc2c(c1F)C[C@H](NC(=O)OC(C)(C)C)C(=O)C2. The van der Waals surface area contributed by atoms with Gasteiger partial charge in [0.1, 0.15) is 30.2 Å². The summed E-state index contributed by atoms with van der Waals surface area (Å²) < 4.78 is 72.1. The molecule has 13 heteroatoms. The van der Waals surface area contributed by atoms with Crippen molar-refractivity contribution in [2.45, 2.75) is 58.0 Å². The fourth-order valence-corrected chi connectivity index (χ4v) is 3.99. The largest absolute Gasteiger partial charge is 0.487 e. The van der Waals surface area contributed by atoms with E-state index in [1.165, 1.54) is 0 Å². The van der Waals surface area contributed by atoms with Gasteiger partial charge in [-0.25, -0.2) is 9.18 Å². The molecule has 216 valence electrons. The number of ether oxygens (including phenoxy) is 3. The highest BCUT2D eigenvalue weighted by atomic mass is 19.4. The third-order valence-electron chi connectivity index (χ3n) is 5.76. The Balaban J connectivity index is 2.10. The van der Waals surface area contributed by atoms with Crippen molar-refractivity contribution in [1.82, 2.24) is 5.32 Å². The summed E-state index contributed by atoms with van der Waals surface area (Å²) in [5.74, 6) is -6.09. The first-order valence-corrected chi connectivity index (χ1v) is 12.1. The summed E-state index contributed by atoms with van der Waals surface area (Å²) >= 11 is 0. The van der Waals surface area contributed by atoms with E-state index in [9.17, 15) is 32.3 Å². The average molecular weight is 569 g/mol. The van der Waals surface area contributed by atoms with Gasteiger partial charge in [-0.15, -0.1) is 0 Å². The van der Waals surface area contributed by atoms with Crippen LogP contribution < -0.4 is 15.0 Å². The molecule has 9 nitrogen and oxygen atoms in total. The van der Waals surface area contributed by atoms with Crippen LogP contribution >= 0.6 is 0 Å². The maximum absolute atomic E-state index is 16.2.